The molecule has 0 fully saturated rings. The van der Waals surface area contributed by atoms with Crippen molar-refractivity contribution in [2.24, 2.45) is 0 Å². The second-order valence-corrected chi connectivity index (χ2v) is 6.60. The van der Waals surface area contributed by atoms with Crippen LogP contribution in [0.4, 0.5) is 4.39 Å². The maximum atomic E-state index is 14.2. The fourth-order valence-corrected chi connectivity index (χ4v) is 2.84. The van der Waals surface area contributed by atoms with E-state index < -0.39 is 11.8 Å². The van der Waals surface area contributed by atoms with Gasteiger partial charge in [0.15, 0.2) is 0 Å². The van der Waals surface area contributed by atoms with E-state index >= 15 is 0 Å². The van der Waals surface area contributed by atoms with Crippen molar-refractivity contribution in [3.05, 3.63) is 77.4 Å². The van der Waals surface area contributed by atoms with Crippen LogP contribution in [0, 0.1) is 5.82 Å². The predicted molar refractivity (Wildman–Crippen MR) is 107 cm³/mol. The van der Waals surface area contributed by atoms with E-state index in [-0.39, 0.29) is 11.4 Å². The molecule has 0 radical (unpaired) electrons. The molecule has 5 heteroatoms. The topological polar surface area (TPSA) is 52.1 Å². The van der Waals surface area contributed by atoms with E-state index in [4.69, 9.17) is 4.74 Å². The van der Waals surface area contributed by atoms with Gasteiger partial charge in [0, 0.05) is 5.56 Å². The lowest BCUT2D eigenvalue weighted by Gasteiger charge is -2.07. The van der Waals surface area contributed by atoms with Crippen molar-refractivity contribution in [3.8, 4) is 17.1 Å². The Labute approximate surface area is 164 Å². The summed E-state index contributed by atoms with van der Waals surface area (Å²) in [6.45, 7) is 4.17. The molecule has 3 aromatic rings. The van der Waals surface area contributed by atoms with Gasteiger partial charge in [0.05, 0.1) is 23.7 Å². The third-order valence-corrected chi connectivity index (χ3v) is 4.56. The molecule has 0 aliphatic carbocycles. The summed E-state index contributed by atoms with van der Waals surface area (Å²) in [4.78, 5) is 20.7. The fraction of sp³-hybridized carbons (Fsp3) is 0.261. The van der Waals surface area contributed by atoms with Crippen molar-refractivity contribution in [1.29, 1.82) is 0 Å². The molecule has 0 saturated heterocycles. The minimum absolute atomic E-state index is 0.0355. The summed E-state index contributed by atoms with van der Waals surface area (Å²) >= 11 is 0. The van der Waals surface area contributed by atoms with Crippen LogP contribution in [0.25, 0.3) is 11.3 Å². The van der Waals surface area contributed by atoms with Gasteiger partial charge in [-0.1, -0.05) is 50.6 Å². The number of nitrogens with zero attached hydrogens (tertiary/aromatic N) is 2. The van der Waals surface area contributed by atoms with Crippen molar-refractivity contribution >= 4 is 5.97 Å². The molecule has 0 saturated carbocycles. The number of aryl methyl sites for hydroxylation is 2. The lowest BCUT2D eigenvalue weighted by Crippen LogP contribution is -2.12. The average molecular weight is 378 g/mol. The summed E-state index contributed by atoms with van der Waals surface area (Å²) in [6.07, 6.45) is 6.67. The van der Waals surface area contributed by atoms with Crippen molar-refractivity contribution in [3.63, 3.8) is 0 Å². The molecule has 1 aromatic heterocycles. The third-order valence-electron chi connectivity index (χ3n) is 4.56. The molecule has 144 valence electrons. The molecular weight excluding hydrogens is 355 g/mol. The van der Waals surface area contributed by atoms with Crippen molar-refractivity contribution in [2.45, 2.75) is 39.5 Å². The Kier molecular flexibility index (Phi) is 6.48. The van der Waals surface area contributed by atoms with E-state index in [1.807, 2.05) is 24.3 Å². The first-order valence-electron chi connectivity index (χ1n) is 9.52. The van der Waals surface area contributed by atoms with Gasteiger partial charge in [0.1, 0.15) is 5.82 Å². The smallest absolute Gasteiger partial charge is 0.347 e. The first kappa shape index (κ1) is 19.7. The maximum absolute atomic E-state index is 14.2. The van der Waals surface area contributed by atoms with Crippen LogP contribution in [-0.2, 0) is 12.8 Å². The number of hydrogen-bond acceptors (Lipinski definition) is 4. The number of carbonyl (C=O) groups is 1. The van der Waals surface area contributed by atoms with Crippen LogP contribution in [0.15, 0.2) is 54.9 Å². The highest BCUT2D eigenvalue weighted by atomic mass is 19.1. The van der Waals surface area contributed by atoms with Crippen LogP contribution in [0.3, 0.4) is 0 Å². The molecule has 0 bridgehead atoms. The molecule has 0 unspecified atom stereocenters. The highest BCUT2D eigenvalue weighted by Gasteiger charge is 2.15. The normalized spacial score (nSPS) is 10.7. The van der Waals surface area contributed by atoms with Crippen LogP contribution < -0.4 is 4.74 Å². The van der Waals surface area contributed by atoms with Crippen LogP contribution in [0.5, 0.6) is 5.88 Å². The van der Waals surface area contributed by atoms with E-state index in [0.29, 0.717) is 5.69 Å². The summed E-state index contributed by atoms with van der Waals surface area (Å²) in [6, 6.07) is 12.6. The highest BCUT2D eigenvalue weighted by Crippen LogP contribution is 2.19. The molecule has 2 aromatic carbocycles. The predicted octanol–water partition coefficient (Wildman–Crippen LogP) is 5.41. The Morgan fingerprint density at radius 1 is 1.00 bits per heavy atom. The zero-order valence-electron chi connectivity index (χ0n) is 16.1. The zero-order chi connectivity index (χ0) is 19.9. The average Bonchev–Trinajstić information content (AvgIpc) is 2.73. The van der Waals surface area contributed by atoms with E-state index in [9.17, 15) is 9.18 Å². The van der Waals surface area contributed by atoms with Gasteiger partial charge in [-0.3, -0.25) is 0 Å². The number of esters is 1. The first-order valence-corrected chi connectivity index (χ1v) is 9.52. The molecule has 0 amide bonds. The Morgan fingerprint density at radius 3 is 2.36 bits per heavy atom. The highest BCUT2D eigenvalue weighted by molar-refractivity contribution is 5.91. The molecule has 4 nitrogen and oxygen atoms in total. The Morgan fingerprint density at radius 2 is 1.75 bits per heavy atom. The van der Waals surface area contributed by atoms with Crippen LogP contribution in [0.1, 0.15) is 48.2 Å². The van der Waals surface area contributed by atoms with Gasteiger partial charge in [0.25, 0.3) is 0 Å². The van der Waals surface area contributed by atoms with Crippen LogP contribution in [-0.4, -0.2) is 15.9 Å². The minimum Gasteiger partial charge on any atom is -0.402 e. The van der Waals surface area contributed by atoms with Crippen molar-refractivity contribution in [2.75, 3.05) is 0 Å². The monoisotopic (exact) mass is 378 g/mol. The molecule has 28 heavy (non-hydrogen) atoms. The number of unbranched alkanes of at least 4 members (excludes halogenated alkanes) is 1. The van der Waals surface area contributed by atoms with Gasteiger partial charge in [-0.25, -0.2) is 19.2 Å². The molecule has 3 rings (SSSR count). The Hall–Kier alpha value is -3.08. The van der Waals surface area contributed by atoms with E-state index in [0.717, 1.165) is 36.8 Å². The number of carbonyl (C=O) groups excluding carboxylic acids is 1. The second kappa shape index (κ2) is 9.22. The lowest BCUT2D eigenvalue weighted by atomic mass is 10.1. The molecule has 0 N–H and O–H groups in total. The van der Waals surface area contributed by atoms with Gasteiger partial charge in [-0.2, -0.15) is 0 Å². The number of halogens is 1. The number of rotatable bonds is 7. The molecule has 0 aliphatic heterocycles. The van der Waals surface area contributed by atoms with Crippen LogP contribution >= 0.6 is 0 Å². The SMILES string of the molecule is CCCCc1ccc(C(=O)Oc2cnc(-c3ccc(CC)cc3)cn2)c(F)c1. The largest absolute Gasteiger partial charge is 0.402 e. The summed E-state index contributed by atoms with van der Waals surface area (Å²) < 4.78 is 19.4. The second-order valence-electron chi connectivity index (χ2n) is 6.60. The summed E-state index contributed by atoms with van der Waals surface area (Å²) in [5, 5.41) is 0. The van der Waals surface area contributed by atoms with Gasteiger partial charge < -0.3 is 4.74 Å². The number of aromatic nitrogens is 2. The van der Waals surface area contributed by atoms with Gasteiger partial charge in [-0.15, -0.1) is 0 Å². The molecular formula is C23H23FN2O2. The number of hydrogen-bond donors (Lipinski definition) is 0. The number of benzene rings is 2. The van der Waals surface area contributed by atoms with Gasteiger partial charge >= 0.3 is 5.97 Å². The Bertz CT molecular complexity index is 938. The number of ether oxygens (including phenoxy) is 1. The summed E-state index contributed by atoms with van der Waals surface area (Å²) in [5.41, 5.74) is 3.60. The van der Waals surface area contributed by atoms with Crippen molar-refractivity contribution in [1.82, 2.24) is 9.97 Å². The van der Waals surface area contributed by atoms with E-state index in [2.05, 4.69) is 23.8 Å². The Balaban J connectivity index is 1.68. The molecule has 0 aliphatic rings. The van der Waals surface area contributed by atoms with E-state index in [1.165, 1.54) is 30.1 Å². The van der Waals surface area contributed by atoms with Crippen LogP contribution in [0.2, 0.25) is 0 Å². The molecule has 0 spiro atoms. The fourth-order valence-electron chi connectivity index (χ4n) is 2.84. The van der Waals surface area contributed by atoms with Crippen molar-refractivity contribution < 1.29 is 13.9 Å². The molecule has 1 heterocycles. The molecule has 0 atom stereocenters. The maximum Gasteiger partial charge on any atom is 0.347 e. The minimum atomic E-state index is -0.783. The summed E-state index contributed by atoms with van der Waals surface area (Å²) in [5.74, 6) is -1.33. The van der Waals surface area contributed by atoms with Gasteiger partial charge in [-0.05, 0) is 42.5 Å². The lowest BCUT2D eigenvalue weighted by molar-refractivity contribution is 0.0722. The van der Waals surface area contributed by atoms with E-state index in [1.54, 1.807) is 6.07 Å². The quantitative estimate of drug-likeness (QED) is 0.516. The standard InChI is InChI=1S/C23H23FN2O2/c1-3-5-6-17-9-12-19(20(24)13-17)23(27)28-22-15-25-21(14-26-22)18-10-7-16(4-2)8-11-18/h7-15H,3-6H2,1-2H3. The first-order chi connectivity index (χ1) is 13.6. The third kappa shape index (κ3) is 4.80. The van der Waals surface area contributed by atoms with Gasteiger partial charge in [0.2, 0.25) is 5.88 Å². The zero-order valence-corrected chi connectivity index (χ0v) is 16.1. The summed E-state index contributed by atoms with van der Waals surface area (Å²) in [7, 11) is 0.